The van der Waals surface area contributed by atoms with Gasteiger partial charge in [0.2, 0.25) is 10.0 Å². The van der Waals surface area contributed by atoms with Gasteiger partial charge in [0.25, 0.3) is 0 Å². The minimum Gasteiger partial charge on any atom is -0.399 e. The lowest BCUT2D eigenvalue weighted by molar-refractivity contribution is 0.215. The lowest BCUT2D eigenvalue weighted by Crippen LogP contribution is -2.23. The number of imidazole rings is 1. The molecule has 2 aromatic rings. The zero-order chi connectivity index (χ0) is 18.6. The first kappa shape index (κ1) is 19.1. The molecule has 2 aromatic heterocycles. The molecule has 10 heteroatoms. The van der Waals surface area contributed by atoms with Gasteiger partial charge in [0.1, 0.15) is 18.8 Å². The zero-order valence-electron chi connectivity index (χ0n) is 14.9. The summed E-state index contributed by atoms with van der Waals surface area (Å²) in [6.45, 7) is 4.93. The van der Waals surface area contributed by atoms with Gasteiger partial charge in [-0.25, -0.2) is 23.1 Å². The Morgan fingerprint density at radius 3 is 2.68 bits per heavy atom. The summed E-state index contributed by atoms with van der Waals surface area (Å²) in [5, 5.41) is 3.80. The molecular formula is C15H24N6O3S. The van der Waals surface area contributed by atoms with E-state index in [0.29, 0.717) is 36.7 Å². The summed E-state index contributed by atoms with van der Waals surface area (Å²) in [4.78, 5) is 13.6. The van der Waals surface area contributed by atoms with E-state index >= 15 is 0 Å². The maximum Gasteiger partial charge on any atom is 0.208 e. The van der Waals surface area contributed by atoms with E-state index in [9.17, 15) is 8.42 Å². The van der Waals surface area contributed by atoms with Crippen LogP contribution in [0.3, 0.4) is 0 Å². The fourth-order valence-electron chi connectivity index (χ4n) is 2.59. The minimum atomic E-state index is -3.16. The van der Waals surface area contributed by atoms with E-state index in [0.717, 1.165) is 29.5 Å². The molecule has 0 saturated heterocycles. The van der Waals surface area contributed by atoms with Crippen LogP contribution in [-0.2, 0) is 21.4 Å². The van der Waals surface area contributed by atoms with Crippen LogP contribution in [0.4, 0.5) is 5.82 Å². The number of fused-ring (bicyclic) bond motifs is 1. The number of aryl methyl sites for hydroxylation is 3. The smallest absolute Gasteiger partial charge is 0.208 e. The summed E-state index contributed by atoms with van der Waals surface area (Å²) in [5.74, 6) is 0.998. The van der Waals surface area contributed by atoms with Gasteiger partial charge in [-0.05, 0) is 32.3 Å². The highest BCUT2D eigenvalue weighted by Crippen LogP contribution is 2.26. The number of anilines is 1. The second kappa shape index (κ2) is 7.79. The predicted molar refractivity (Wildman–Crippen MR) is 98.1 cm³/mol. The Morgan fingerprint density at radius 1 is 1.32 bits per heavy atom. The summed E-state index contributed by atoms with van der Waals surface area (Å²) < 4.78 is 26.7. The monoisotopic (exact) mass is 368 g/mol. The molecule has 138 valence electrons. The van der Waals surface area contributed by atoms with Crippen molar-refractivity contribution in [1.29, 1.82) is 0 Å². The number of nitrogens with zero attached hydrogens (tertiary/aromatic N) is 4. The third-order valence-electron chi connectivity index (χ3n) is 3.87. The molecule has 25 heavy (non-hydrogen) atoms. The summed E-state index contributed by atoms with van der Waals surface area (Å²) in [6.07, 6.45) is 4.15. The topological polar surface area (TPSA) is 124 Å². The number of sulfonamides is 1. The van der Waals surface area contributed by atoms with E-state index in [1.54, 1.807) is 0 Å². The highest BCUT2D eigenvalue weighted by molar-refractivity contribution is 7.88. The fraction of sp³-hybridized carbons (Fsp3) is 0.533. The Kier molecular flexibility index (Phi) is 5.96. The quantitative estimate of drug-likeness (QED) is 0.406. The molecular weight excluding hydrogens is 344 g/mol. The highest BCUT2D eigenvalue weighted by atomic mass is 32.2. The van der Waals surface area contributed by atoms with Gasteiger partial charge in [-0.3, -0.25) is 0 Å². The third kappa shape index (κ3) is 4.67. The fourth-order valence-corrected chi connectivity index (χ4v) is 3.11. The van der Waals surface area contributed by atoms with Crippen molar-refractivity contribution in [2.24, 2.45) is 5.16 Å². The molecule has 0 aliphatic carbocycles. The van der Waals surface area contributed by atoms with Crippen LogP contribution in [0.2, 0.25) is 0 Å². The Hall–Kier alpha value is -2.20. The van der Waals surface area contributed by atoms with Crippen LogP contribution in [0, 0.1) is 13.8 Å². The molecule has 0 radical (unpaired) electrons. The average Bonchev–Trinajstić information content (AvgIpc) is 2.88. The molecule has 0 aromatic carbocycles. The molecule has 0 fully saturated rings. The van der Waals surface area contributed by atoms with Gasteiger partial charge in [0, 0.05) is 18.8 Å². The van der Waals surface area contributed by atoms with E-state index < -0.39 is 10.0 Å². The van der Waals surface area contributed by atoms with Crippen molar-refractivity contribution in [3.8, 4) is 0 Å². The standard InChI is InChI=1S/C15H24N6O3S/c1-10-11(2)19-15(16)13-14(10)21(12(20-13)9-17-24-3)8-6-5-7-18-25(4,22)23/h9,18H,5-8H2,1-4H3,(H2,16,19)/b17-9+. The number of hydrogen-bond donors (Lipinski definition) is 2. The SMILES string of the molecule is CO/N=C/c1nc2c(N)nc(C)c(C)c2n1CCCCNS(C)(=O)=O. The number of nitrogen functional groups attached to an aromatic ring is 1. The largest absolute Gasteiger partial charge is 0.399 e. The maximum absolute atomic E-state index is 11.1. The number of rotatable bonds is 8. The first-order chi connectivity index (χ1) is 11.7. The zero-order valence-corrected chi connectivity index (χ0v) is 15.7. The van der Waals surface area contributed by atoms with Crippen LogP contribution < -0.4 is 10.5 Å². The van der Waals surface area contributed by atoms with E-state index in [2.05, 4.69) is 19.8 Å². The normalized spacial score (nSPS) is 12.3. The molecule has 0 amide bonds. The van der Waals surface area contributed by atoms with E-state index in [1.165, 1.54) is 13.3 Å². The first-order valence-electron chi connectivity index (χ1n) is 7.88. The van der Waals surface area contributed by atoms with Crippen LogP contribution in [0.25, 0.3) is 11.0 Å². The van der Waals surface area contributed by atoms with Crippen LogP contribution in [0.15, 0.2) is 5.16 Å². The van der Waals surface area contributed by atoms with Gasteiger partial charge >= 0.3 is 0 Å². The summed E-state index contributed by atoms with van der Waals surface area (Å²) in [7, 11) is -1.70. The maximum atomic E-state index is 11.1. The van der Waals surface area contributed by atoms with E-state index in [1.807, 2.05) is 18.4 Å². The minimum absolute atomic E-state index is 0.377. The lowest BCUT2D eigenvalue weighted by atomic mass is 10.2. The third-order valence-corrected chi connectivity index (χ3v) is 4.60. The van der Waals surface area contributed by atoms with Crippen LogP contribution in [-0.4, -0.2) is 49.1 Å². The predicted octanol–water partition coefficient (Wildman–Crippen LogP) is 0.940. The Balaban J connectivity index is 2.30. The molecule has 0 aliphatic heterocycles. The summed E-state index contributed by atoms with van der Waals surface area (Å²) >= 11 is 0. The molecule has 9 nitrogen and oxygen atoms in total. The van der Waals surface area contributed by atoms with Gasteiger partial charge in [-0.1, -0.05) is 5.16 Å². The lowest BCUT2D eigenvalue weighted by Gasteiger charge is -2.10. The van der Waals surface area contributed by atoms with E-state index in [4.69, 9.17) is 10.6 Å². The van der Waals surface area contributed by atoms with Crippen LogP contribution in [0.1, 0.15) is 29.9 Å². The first-order valence-corrected chi connectivity index (χ1v) is 9.77. The average molecular weight is 368 g/mol. The van der Waals surface area contributed by atoms with Gasteiger partial charge < -0.3 is 15.1 Å². The molecule has 3 N–H and O–H groups in total. The Labute approximate surface area is 147 Å². The van der Waals surface area contributed by atoms with Gasteiger partial charge in [-0.15, -0.1) is 0 Å². The number of hydrogen-bond acceptors (Lipinski definition) is 7. The van der Waals surface area contributed by atoms with Gasteiger partial charge in [-0.2, -0.15) is 0 Å². The highest BCUT2D eigenvalue weighted by Gasteiger charge is 2.16. The number of pyridine rings is 1. The van der Waals surface area contributed by atoms with E-state index in [-0.39, 0.29) is 0 Å². The van der Waals surface area contributed by atoms with Crippen molar-refractivity contribution < 1.29 is 13.3 Å². The van der Waals surface area contributed by atoms with Crippen molar-refractivity contribution in [3.63, 3.8) is 0 Å². The Bertz CT molecular complexity index is 889. The molecule has 0 atom stereocenters. The summed E-state index contributed by atoms with van der Waals surface area (Å²) in [5.41, 5.74) is 9.42. The van der Waals surface area contributed by atoms with Gasteiger partial charge in [0.15, 0.2) is 11.6 Å². The number of unbranched alkanes of at least 4 members (excludes halogenated alkanes) is 1. The molecule has 0 spiro atoms. The summed E-state index contributed by atoms with van der Waals surface area (Å²) in [6, 6.07) is 0. The second-order valence-electron chi connectivity index (χ2n) is 5.82. The number of nitrogens with two attached hydrogens (primary N) is 1. The number of nitrogens with one attached hydrogen (secondary N) is 1. The number of aromatic nitrogens is 3. The van der Waals surface area contributed by atoms with Gasteiger partial charge in [0.05, 0.1) is 11.8 Å². The van der Waals surface area contributed by atoms with Crippen molar-refractivity contribution in [1.82, 2.24) is 19.3 Å². The van der Waals surface area contributed by atoms with Crippen LogP contribution in [0.5, 0.6) is 0 Å². The van der Waals surface area contributed by atoms with Crippen molar-refractivity contribution in [3.05, 3.63) is 17.1 Å². The van der Waals surface area contributed by atoms with Crippen LogP contribution >= 0.6 is 0 Å². The number of oxime groups is 1. The molecule has 2 heterocycles. The Morgan fingerprint density at radius 2 is 2.04 bits per heavy atom. The second-order valence-corrected chi connectivity index (χ2v) is 7.65. The molecule has 0 saturated carbocycles. The molecule has 0 unspecified atom stereocenters. The van der Waals surface area contributed by atoms with Crippen molar-refractivity contribution in [2.45, 2.75) is 33.2 Å². The molecule has 2 rings (SSSR count). The molecule has 0 aliphatic rings. The van der Waals surface area contributed by atoms with Crippen molar-refractivity contribution in [2.75, 3.05) is 25.6 Å². The molecule has 0 bridgehead atoms. The van der Waals surface area contributed by atoms with Crippen molar-refractivity contribution >= 4 is 33.1 Å².